The van der Waals surface area contributed by atoms with Gasteiger partial charge in [0.25, 0.3) is 11.6 Å². The number of nitrogens with zero attached hydrogens (tertiary/aromatic N) is 1. The fraction of sp³-hybridized carbons (Fsp3) is 0.364. The van der Waals surface area contributed by atoms with Crippen LogP contribution in [0.3, 0.4) is 0 Å². The van der Waals surface area contributed by atoms with E-state index in [0.29, 0.717) is 6.54 Å². The summed E-state index contributed by atoms with van der Waals surface area (Å²) in [5.41, 5.74) is 0.00142. The fourth-order valence-electron chi connectivity index (χ4n) is 1.38. The third-order valence-corrected chi connectivity index (χ3v) is 2.46. The molecule has 106 valence electrons. The molecule has 2 N–H and O–H groups in total. The van der Waals surface area contributed by atoms with E-state index in [0.717, 1.165) is 13.0 Å². The Morgan fingerprint density at radius 1 is 1.37 bits per heavy atom. The van der Waals surface area contributed by atoms with Crippen molar-refractivity contribution in [3.63, 3.8) is 0 Å². The van der Waals surface area contributed by atoms with Crippen LogP contribution in [0.5, 0.6) is 0 Å². The van der Waals surface area contributed by atoms with Crippen molar-refractivity contribution in [2.45, 2.75) is 6.42 Å². The highest BCUT2D eigenvalue weighted by Gasteiger charge is 2.13. The molecule has 0 heterocycles. The maximum atomic E-state index is 11.7. The average Bonchev–Trinajstić information content (AvgIpc) is 2.33. The first-order valence-corrected chi connectivity index (χ1v) is 5.80. The van der Waals surface area contributed by atoms with Crippen LogP contribution in [0.1, 0.15) is 16.8 Å². The molecule has 19 heavy (non-hydrogen) atoms. The number of non-ortho nitro benzene ring substituents is 1. The van der Waals surface area contributed by atoms with Gasteiger partial charge in [-0.25, -0.2) is 0 Å². The van der Waals surface area contributed by atoms with Crippen molar-refractivity contribution in [2.75, 3.05) is 20.1 Å². The Labute approximate surface area is 122 Å². The van der Waals surface area contributed by atoms with Gasteiger partial charge in [0.05, 0.1) is 4.92 Å². The zero-order valence-corrected chi connectivity index (χ0v) is 11.9. The third kappa shape index (κ3) is 5.87. The minimum absolute atomic E-state index is 0. The van der Waals surface area contributed by atoms with E-state index in [4.69, 9.17) is 11.6 Å². The summed E-state index contributed by atoms with van der Waals surface area (Å²) in [6.45, 7) is 1.29. The molecule has 6 nitrogen and oxygen atoms in total. The normalized spacial score (nSPS) is 9.58. The summed E-state index contributed by atoms with van der Waals surface area (Å²) >= 11 is 5.73. The third-order valence-electron chi connectivity index (χ3n) is 2.24. The van der Waals surface area contributed by atoms with E-state index < -0.39 is 4.92 Å². The van der Waals surface area contributed by atoms with E-state index in [1.54, 1.807) is 0 Å². The first-order chi connectivity index (χ1) is 8.54. The molecule has 0 radical (unpaired) electrons. The smallest absolute Gasteiger partial charge is 0.271 e. The van der Waals surface area contributed by atoms with Crippen LogP contribution in [0.4, 0.5) is 5.69 Å². The highest BCUT2D eigenvalue weighted by atomic mass is 35.5. The van der Waals surface area contributed by atoms with Crippen molar-refractivity contribution in [1.82, 2.24) is 10.6 Å². The van der Waals surface area contributed by atoms with Crippen molar-refractivity contribution in [3.8, 4) is 0 Å². The Kier molecular flexibility index (Phi) is 8.06. The summed E-state index contributed by atoms with van der Waals surface area (Å²) in [6.07, 6.45) is 0.783. The maximum absolute atomic E-state index is 11.7. The molecule has 0 saturated heterocycles. The average molecular weight is 308 g/mol. The number of nitro benzene ring substituents is 1. The minimum atomic E-state index is -0.580. The summed E-state index contributed by atoms with van der Waals surface area (Å²) < 4.78 is 0. The molecule has 0 unspecified atom stereocenters. The summed E-state index contributed by atoms with van der Waals surface area (Å²) in [5, 5.41) is 16.4. The van der Waals surface area contributed by atoms with Gasteiger partial charge in [-0.3, -0.25) is 14.9 Å². The number of halogens is 2. The topological polar surface area (TPSA) is 84.3 Å². The molecule has 8 heteroatoms. The lowest BCUT2D eigenvalue weighted by Gasteiger charge is -2.05. The van der Waals surface area contributed by atoms with E-state index in [2.05, 4.69) is 10.6 Å². The van der Waals surface area contributed by atoms with Gasteiger partial charge in [-0.15, -0.1) is 12.4 Å². The van der Waals surface area contributed by atoms with Crippen LogP contribution >= 0.6 is 24.0 Å². The molecule has 1 aromatic carbocycles. The van der Waals surface area contributed by atoms with Crippen LogP contribution in [0.25, 0.3) is 0 Å². The summed E-state index contributed by atoms with van der Waals surface area (Å²) in [5.74, 6) is -0.364. The molecule has 1 aromatic rings. The molecule has 1 amide bonds. The molecule has 0 aromatic heterocycles. The van der Waals surface area contributed by atoms with Crippen molar-refractivity contribution in [2.24, 2.45) is 0 Å². The molecule has 0 aliphatic heterocycles. The largest absolute Gasteiger partial charge is 0.352 e. The van der Waals surface area contributed by atoms with E-state index in [9.17, 15) is 14.9 Å². The standard InChI is InChI=1S/C11H14ClN3O3.ClH/c1-13-3-2-4-14-11(16)8-5-9(12)7-10(6-8)15(17)18;/h5-7,13H,2-4H2,1H3,(H,14,16);1H. The lowest BCUT2D eigenvalue weighted by atomic mass is 10.2. The van der Waals surface area contributed by atoms with Gasteiger partial charge in [0, 0.05) is 29.3 Å². The molecule has 0 spiro atoms. The van der Waals surface area contributed by atoms with Crippen LogP contribution < -0.4 is 10.6 Å². The molecule has 0 saturated carbocycles. The van der Waals surface area contributed by atoms with Crippen molar-refractivity contribution in [3.05, 3.63) is 38.9 Å². The SMILES string of the molecule is CNCCCNC(=O)c1cc(Cl)cc([N+](=O)[O-])c1.Cl. The van der Waals surface area contributed by atoms with E-state index in [1.807, 2.05) is 7.05 Å². The number of carbonyl (C=O) groups is 1. The second-order valence-electron chi connectivity index (χ2n) is 3.67. The van der Waals surface area contributed by atoms with Crippen LogP contribution in [0.15, 0.2) is 18.2 Å². The lowest BCUT2D eigenvalue weighted by Crippen LogP contribution is -2.26. The van der Waals surface area contributed by atoms with Gasteiger partial charge in [-0.2, -0.15) is 0 Å². The summed E-state index contributed by atoms with van der Waals surface area (Å²) in [6, 6.07) is 3.82. The number of hydrogen-bond donors (Lipinski definition) is 2. The number of amides is 1. The van der Waals surface area contributed by atoms with Gasteiger partial charge in [0.2, 0.25) is 0 Å². The predicted molar refractivity (Wildman–Crippen MR) is 76.2 cm³/mol. The van der Waals surface area contributed by atoms with Gasteiger partial charge in [-0.05, 0) is 26.1 Å². The highest BCUT2D eigenvalue weighted by Crippen LogP contribution is 2.20. The van der Waals surface area contributed by atoms with E-state index >= 15 is 0 Å². The van der Waals surface area contributed by atoms with Crippen LogP contribution in [-0.2, 0) is 0 Å². The Hall–Kier alpha value is -1.37. The number of nitrogens with one attached hydrogen (secondary N) is 2. The molecule has 0 aliphatic carbocycles. The highest BCUT2D eigenvalue weighted by molar-refractivity contribution is 6.31. The quantitative estimate of drug-likeness (QED) is 0.478. The molecule has 1 rings (SSSR count). The van der Waals surface area contributed by atoms with E-state index in [-0.39, 0.29) is 34.6 Å². The Morgan fingerprint density at radius 3 is 2.63 bits per heavy atom. The van der Waals surface area contributed by atoms with Gasteiger partial charge in [-0.1, -0.05) is 11.6 Å². The second kappa shape index (κ2) is 8.68. The first kappa shape index (κ1) is 17.6. The second-order valence-corrected chi connectivity index (χ2v) is 4.10. The fourth-order valence-corrected chi connectivity index (χ4v) is 1.61. The van der Waals surface area contributed by atoms with E-state index in [1.165, 1.54) is 18.2 Å². The zero-order chi connectivity index (χ0) is 13.5. The number of hydrogen-bond acceptors (Lipinski definition) is 4. The molecular formula is C11H15Cl2N3O3. The predicted octanol–water partition coefficient (Wildman–Crippen LogP) is 2.01. The van der Waals surface area contributed by atoms with Crippen molar-refractivity contribution < 1.29 is 9.72 Å². The number of rotatable bonds is 6. The number of nitro groups is 1. The van der Waals surface area contributed by atoms with Crippen LogP contribution in [0, 0.1) is 10.1 Å². The van der Waals surface area contributed by atoms with Crippen LogP contribution in [-0.4, -0.2) is 31.0 Å². The number of benzene rings is 1. The van der Waals surface area contributed by atoms with Crippen LogP contribution in [0.2, 0.25) is 5.02 Å². The molecule has 0 aliphatic rings. The van der Waals surface area contributed by atoms with Gasteiger partial charge in [0.15, 0.2) is 0 Å². The van der Waals surface area contributed by atoms with Gasteiger partial charge >= 0.3 is 0 Å². The molecule has 0 atom stereocenters. The van der Waals surface area contributed by atoms with Gasteiger partial charge < -0.3 is 10.6 Å². The Balaban J connectivity index is 0.00000324. The van der Waals surface area contributed by atoms with Crippen molar-refractivity contribution in [1.29, 1.82) is 0 Å². The van der Waals surface area contributed by atoms with Crippen molar-refractivity contribution >= 4 is 35.6 Å². The Bertz CT molecular complexity index is 455. The lowest BCUT2D eigenvalue weighted by molar-refractivity contribution is -0.384. The number of carbonyl (C=O) groups excluding carboxylic acids is 1. The first-order valence-electron chi connectivity index (χ1n) is 5.42. The molecule has 0 fully saturated rings. The Morgan fingerprint density at radius 2 is 2.05 bits per heavy atom. The molecule has 0 bridgehead atoms. The molecular weight excluding hydrogens is 293 g/mol. The van der Waals surface area contributed by atoms with Gasteiger partial charge in [0.1, 0.15) is 0 Å². The minimum Gasteiger partial charge on any atom is -0.352 e. The summed E-state index contributed by atoms with van der Waals surface area (Å²) in [4.78, 5) is 21.8. The maximum Gasteiger partial charge on any atom is 0.271 e. The zero-order valence-electron chi connectivity index (χ0n) is 10.3. The summed E-state index contributed by atoms with van der Waals surface area (Å²) in [7, 11) is 1.82. The monoisotopic (exact) mass is 307 g/mol.